The van der Waals surface area contributed by atoms with Crippen LogP contribution in [0.5, 0.6) is 0 Å². The summed E-state index contributed by atoms with van der Waals surface area (Å²) >= 11 is 0. The molecule has 11 nitrogen and oxygen atoms in total. The van der Waals surface area contributed by atoms with E-state index in [0.29, 0.717) is 43.1 Å². The summed E-state index contributed by atoms with van der Waals surface area (Å²) in [5.74, 6) is 3.47. The largest absolute Gasteiger partial charge is 0.383 e. The van der Waals surface area contributed by atoms with Gasteiger partial charge in [0.25, 0.3) is 0 Å². The van der Waals surface area contributed by atoms with Gasteiger partial charge in [-0.05, 0) is 110 Å². The Morgan fingerprint density at radius 3 is 2.33 bits per heavy atom. The topological polar surface area (TPSA) is 130 Å². The van der Waals surface area contributed by atoms with Crippen LogP contribution in [-0.4, -0.2) is 98.7 Å². The van der Waals surface area contributed by atoms with Crippen LogP contribution in [0, 0.1) is 11.8 Å². The van der Waals surface area contributed by atoms with Gasteiger partial charge in [-0.15, -0.1) is 0 Å². The number of hydrogen-bond acceptors (Lipinski definition) is 11. The zero-order valence-corrected chi connectivity index (χ0v) is 29.4. The lowest BCUT2D eigenvalue weighted by atomic mass is 9.82. The van der Waals surface area contributed by atoms with Crippen molar-refractivity contribution in [2.45, 2.75) is 103 Å². The lowest BCUT2D eigenvalue weighted by Crippen LogP contribution is -2.52. The molecule has 0 amide bonds. The van der Waals surface area contributed by atoms with Gasteiger partial charge in [-0.3, -0.25) is 9.46 Å². The number of nitrogen functional groups attached to an aromatic ring is 1. The van der Waals surface area contributed by atoms with Gasteiger partial charge >= 0.3 is 7.60 Å². The molecular formula is C33H63N8O3P. The standard InChI is InChI=1S/C33H63N8O3P/c1-4-43-45(42,44-5-2)22-10-19-40-20-21-41(26-27(40)3)32-23-31(34)38-33(39-32)37-25-29-15-13-28(14-16-29)24-35-17-9-18-36-30-11-7-6-8-12-30/h23,27-30,35-36H,4-22,24-26H2,1-3H3,(H3,34,37,38,39)/t27-,28-,29-/m0/s1. The molecule has 3 aliphatic rings. The van der Waals surface area contributed by atoms with Crippen molar-refractivity contribution in [1.82, 2.24) is 25.5 Å². The Morgan fingerprint density at radius 2 is 1.64 bits per heavy atom. The summed E-state index contributed by atoms with van der Waals surface area (Å²) < 4.78 is 23.7. The molecule has 2 aliphatic carbocycles. The highest BCUT2D eigenvalue weighted by Crippen LogP contribution is 2.48. The number of anilines is 3. The molecule has 1 atom stereocenters. The highest BCUT2D eigenvalue weighted by atomic mass is 31.2. The maximum Gasteiger partial charge on any atom is 0.330 e. The fraction of sp³-hybridized carbons (Fsp3) is 0.879. The minimum atomic E-state index is -2.99. The second kappa shape index (κ2) is 19.4. The average Bonchev–Trinajstić information content (AvgIpc) is 3.03. The molecule has 258 valence electrons. The van der Waals surface area contributed by atoms with Gasteiger partial charge in [-0.25, -0.2) is 0 Å². The van der Waals surface area contributed by atoms with E-state index in [-0.39, 0.29) is 0 Å². The fourth-order valence-corrected chi connectivity index (χ4v) is 8.91. The average molecular weight is 651 g/mol. The van der Waals surface area contributed by atoms with E-state index in [1.54, 1.807) is 0 Å². The molecule has 0 bridgehead atoms. The number of piperazine rings is 1. The molecule has 2 saturated carbocycles. The third-order valence-electron chi connectivity index (χ3n) is 9.87. The third-order valence-corrected chi connectivity index (χ3v) is 12.0. The Labute approximate surface area is 273 Å². The van der Waals surface area contributed by atoms with Crippen molar-refractivity contribution in [3.8, 4) is 0 Å². The van der Waals surface area contributed by atoms with E-state index in [1.807, 2.05) is 19.9 Å². The van der Waals surface area contributed by atoms with Gasteiger partial charge in [0.05, 0.1) is 19.4 Å². The quantitative estimate of drug-likeness (QED) is 0.114. The van der Waals surface area contributed by atoms with Crippen molar-refractivity contribution in [1.29, 1.82) is 0 Å². The maximum absolute atomic E-state index is 12.8. The highest BCUT2D eigenvalue weighted by molar-refractivity contribution is 7.53. The van der Waals surface area contributed by atoms with E-state index in [0.717, 1.165) is 76.6 Å². The molecule has 1 saturated heterocycles. The smallest absolute Gasteiger partial charge is 0.330 e. The molecule has 0 unspecified atom stereocenters. The summed E-state index contributed by atoms with van der Waals surface area (Å²) in [7, 11) is -2.99. The first kappa shape index (κ1) is 36.3. The molecule has 0 spiro atoms. The number of hydrogen-bond donors (Lipinski definition) is 4. The third kappa shape index (κ3) is 12.6. The summed E-state index contributed by atoms with van der Waals surface area (Å²) in [6.07, 6.45) is 14.5. The van der Waals surface area contributed by atoms with Crippen LogP contribution in [0.25, 0.3) is 0 Å². The van der Waals surface area contributed by atoms with Crippen LogP contribution in [0.15, 0.2) is 6.07 Å². The zero-order valence-electron chi connectivity index (χ0n) is 28.5. The molecule has 1 aromatic rings. The van der Waals surface area contributed by atoms with Crippen LogP contribution in [0.1, 0.15) is 91.4 Å². The first-order valence-electron chi connectivity index (χ1n) is 18.1. The molecule has 5 N–H and O–H groups in total. The number of rotatable bonds is 19. The van der Waals surface area contributed by atoms with Gasteiger partial charge in [-0.2, -0.15) is 9.97 Å². The number of nitrogens with two attached hydrogens (primary N) is 1. The van der Waals surface area contributed by atoms with Crippen molar-refractivity contribution in [3.05, 3.63) is 6.07 Å². The summed E-state index contributed by atoms with van der Waals surface area (Å²) in [5.41, 5.74) is 6.24. The summed E-state index contributed by atoms with van der Waals surface area (Å²) in [5, 5.41) is 11.0. The Balaban J connectivity index is 1.11. The molecule has 0 aromatic carbocycles. The fourth-order valence-electron chi connectivity index (χ4n) is 7.26. The summed E-state index contributed by atoms with van der Waals surface area (Å²) in [6, 6.07) is 3.00. The first-order chi connectivity index (χ1) is 21.9. The normalized spacial score (nSPS) is 23.8. The van der Waals surface area contributed by atoms with Crippen molar-refractivity contribution >= 4 is 25.2 Å². The number of nitrogens with zero attached hydrogens (tertiary/aromatic N) is 4. The SMILES string of the molecule is CCOP(=O)(CCCN1CCN(c2cc(N)nc(NC[C@H]3CC[C@H](CNCCCNC4CCCCC4)CC3)n2)C[C@@H]1C)OCC. The molecule has 1 aliphatic heterocycles. The van der Waals surface area contributed by atoms with E-state index in [1.165, 1.54) is 64.2 Å². The molecule has 12 heteroatoms. The number of aromatic nitrogens is 2. The zero-order chi connectivity index (χ0) is 31.9. The van der Waals surface area contributed by atoms with Crippen LogP contribution in [0.3, 0.4) is 0 Å². The Morgan fingerprint density at radius 1 is 0.933 bits per heavy atom. The molecule has 2 heterocycles. The van der Waals surface area contributed by atoms with Crippen LogP contribution in [0.4, 0.5) is 17.6 Å². The van der Waals surface area contributed by atoms with Gasteiger partial charge in [0, 0.05) is 44.3 Å². The second-order valence-corrected chi connectivity index (χ2v) is 15.6. The summed E-state index contributed by atoms with van der Waals surface area (Å²) in [4.78, 5) is 14.1. The Kier molecular flexibility index (Phi) is 15.6. The monoisotopic (exact) mass is 650 g/mol. The Hall–Kier alpha value is -1.49. The van der Waals surface area contributed by atoms with Crippen LogP contribution < -0.4 is 26.6 Å². The Bertz CT molecular complexity index is 1010. The molecule has 3 fully saturated rings. The van der Waals surface area contributed by atoms with Crippen LogP contribution >= 0.6 is 7.60 Å². The van der Waals surface area contributed by atoms with Gasteiger partial charge in [0.2, 0.25) is 5.95 Å². The van der Waals surface area contributed by atoms with Gasteiger partial charge < -0.3 is 35.6 Å². The minimum absolute atomic E-state index is 0.341. The summed E-state index contributed by atoms with van der Waals surface area (Å²) in [6.45, 7) is 14.6. The van der Waals surface area contributed by atoms with Crippen molar-refractivity contribution in [3.63, 3.8) is 0 Å². The van der Waals surface area contributed by atoms with Crippen molar-refractivity contribution in [2.75, 3.05) is 87.7 Å². The molecule has 4 rings (SSSR count). The minimum Gasteiger partial charge on any atom is -0.383 e. The molecular weight excluding hydrogens is 587 g/mol. The van der Waals surface area contributed by atoms with Gasteiger partial charge in [-0.1, -0.05) is 19.3 Å². The van der Waals surface area contributed by atoms with E-state index in [2.05, 4.69) is 37.7 Å². The molecule has 45 heavy (non-hydrogen) atoms. The first-order valence-corrected chi connectivity index (χ1v) is 19.8. The van der Waals surface area contributed by atoms with E-state index in [9.17, 15) is 4.57 Å². The molecule has 1 aromatic heterocycles. The highest BCUT2D eigenvalue weighted by Gasteiger charge is 2.28. The van der Waals surface area contributed by atoms with Crippen molar-refractivity contribution < 1.29 is 13.6 Å². The van der Waals surface area contributed by atoms with Crippen molar-refractivity contribution in [2.24, 2.45) is 11.8 Å². The number of nitrogens with one attached hydrogen (secondary N) is 3. The van der Waals surface area contributed by atoms with E-state index in [4.69, 9.17) is 19.8 Å². The van der Waals surface area contributed by atoms with Crippen LogP contribution in [-0.2, 0) is 13.6 Å². The maximum atomic E-state index is 12.8. The molecule has 0 radical (unpaired) electrons. The predicted molar refractivity (Wildman–Crippen MR) is 186 cm³/mol. The lowest BCUT2D eigenvalue weighted by molar-refractivity contribution is 0.184. The predicted octanol–water partition coefficient (Wildman–Crippen LogP) is 5.35. The van der Waals surface area contributed by atoms with Crippen LogP contribution in [0.2, 0.25) is 0 Å². The van der Waals surface area contributed by atoms with Gasteiger partial charge in [0.15, 0.2) is 0 Å². The van der Waals surface area contributed by atoms with E-state index >= 15 is 0 Å². The lowest BCUT2D eigenvalue weighted by Gasteiger charge is -2.40. The van der Waals surface area contributed by atoms with Gasteiger partial charge in [0.1, 0.15) is 11.6 Å². The second-order valence-electron chi connectivity index (χ2n) is 13.4. The van der Waals surface area contributed by atoms with E-state index < -0.39 is 7.60 Å².